The second kappa shape index (κ2) is 8.31. The number of hydrogen-bond donors (Lipinski definition) is 1. The summed E-state index contributed by atoms with van der Waals surface area (Å²) >= 11 is 0. The highest BCUT2D eigenvalue weighted by Gasteiger charge is 2.36. The molecule has 3 aromatic rings. The third-order valence-electron chi connectivity index (χ3n) is 5.53. The summed E-state index contributed by atoms with van der Waals surface area (Å²) in [7, 11) is 0. The number of carbonyl (C=O) groups excluding carboxylic acids is 2. The number of hydrogen-bond acceptors (Lipinski definition) is 2. The zero-order valence-corrected chi connectivity index (χ0v) is 16.5. The fourth-order valence-corrected chi connectivity index (χ4v) is 3.90. The second-order valence-corrected chi connectivity index (χ2v) is 7.36. The zero-order chi connectivity index (χ0) is 20.2. The Bertz CT molecular complexity index is 1030. The predicted molar refractivity (Wildman–Crippen MR) is 113 cm³/mol. The van der Waals surface area contributed by atoms with Crippen LogP contribution in [0, 0.1) is 6.92 Å². The molecule has 2 amide bonds. The van der Waals surface area contributed by atoms with E-state index in [1.54, 1.807) is 17.0 Å². The molecule has 1 heterocycles. The van der Waals surface area contributed by atoms with E-state index in [1.807, 2.05) is 73.7 Å². The molecule has 0 unspecified atom stereocenters. The van der Waals surface area contributed by atoms with Crippen LogP contribution in [-0.4, -0.2) is 23.3 Å². The molecular weight excluding hydrogens is 360 g/mol. The molecule has 1 aliphatic rings. The average Bonchev–Trinajstić information content (AvgIpc) is 2.77. The van der Waals surface area contributed by atoms with E-state index in [0.717, 1.165) is 28.7 Å². The van der Waals surface area contributed by atoms with Gasteiger partial charge in [-0.05, 0) is 47.7 Å². The maximum atomic E-state index is 13.3. The normalized spacial score (nSPS) is 15.5. The highest BCUT2D eigenvalue weighted by Crippen LogP contribution is 2.31. The Morgan fingerprint density at radius 1 is 0.931 bits per heavy atom. The zero-order valence-electron chi connectivity index (χ0n) is 16.5. The monoisotopic (exact) mass is 384 g/mol. The molecule has 0 aliphatic carbocycles. The summed E-state index contributed by atoms with van der Waals surface area (Å²) in [6.45, 7) is 2.99. The molecule has 0 saturated carbocycles. The van der Waals surface area contributed by atoms with Gasteiger partial charge in [0.05, 0.1) is 0 Å². The SMILES string of the molecule is Cc1ccccc1CNC(=O)[C@H]1c2ccccc2CCN1C(=O)c1ccccc1. The lowest BCUT2D eigenvalue weighted by Gasteiger charge is -2.36. The smallest absolute Gasteiger partial charge is 0.254 e. The largest absolute Gasteiger partial charge is 0.350 e. The maximum absolute atomic E-state index is 13.3. The van der Waals surface area contributed by atoms with Crippen molar-refractivity contribution in [3.63, 3.8) is 0 Å². The number of rotatable bonds is 4. The van der Waals surface area contributed by atoms with Gasteiger partial charge >= 0.3 is 0 Å². The van der Waals surface area contributed by atoms with Gasteiger partial charge in [0.15, 0.2) is 0 Å². The number of nitrogens with zero attached hydrogens (tertiary/aromatic N) is 1. The van der Waals surface area contributed by atoms with E-state index in [4.69, 9.17) is 0 Å². The van der Waals surface area contributed by atoms with E-state index in [2.05, 4.69) is 5.32 Å². The second-order valence-electron chi connectivity index (χ2n) is 7.36. The molecule has 0 aromatic heterocycles. The third-order valence-corrected chi connectivity index (χ3v) is 5.53. The molecule has 0 saturated heterocycles. The van der Waals surface area contributed by atoms with Gasteiger partial charge in [0.2, 0.25) is 5.91 Å². The Morgan fingerprint density at radius 3 is 2.41 bits per heavy atom. The van der Waals surface area contributed by atoms with Crippen LogP contribution < -0.4 is 5.32 Å². The Morgan fingerprint density at radius 2 is 1.62 bits per heavy atom. The van der Waals surface area contributed by atoms with Crippen molar-refractivity contribution in [1.82, 2.24) is 10.2 Å². The average molecular weight is 384 g/mol. The van der Waals surface area contributed by atoms with Crippen LogP contribution in [0.1, 0.15) is 38.7 Å². The van der Waals surface area contributed by atoms with E-state index in [0.29, 0.717) is 18.7 Å². The lowest BCUT2D eigenvalue weighted by Crippen LogP contribution is -2.47. The maximum Gasteiger partial charge on any atom is 0.254 e. The number of aryl methyl sites for hydroxylation is 1. The predicted octanol–water partition coefficient (Wildman–Crippen LogP) is 4.05. The number of fused-ring (bicyclic) bond motifs is 1. The quantitative estimate of drug-likeness (QED) is 0.738. The number of carbonyl (C=O) groups is 2. The Labute approximate surface area is 171 Å². The molecule has 4 rings (SSSR count). The van der Waals surface area contributed by atoms with Crippen LogP contribution in [-0.2, 0) is 17.8 Å². The molecule has 4 heteroatoms. The highest BCUT2D eigenvalue weighted by molar-refractivity contribution is 5.98. The van der Waals surface area contributed by atoms with Crippen molar-refractivity contribution in [1.29, 1.82) is 0 Å². The first-order valence-electron chi connectivity index (χ1n) is 9.91. The van der Waals surface area contributed by atoms with Gasteiger partial charge in [0.1, 0.15) is 6.04 Å². The van der Waals surface area contributed by atoms with Crippen LogP contribution in [0.4, 0.5) is 0 Å². The fraction of sp³-hybridized carbons (Fsp3) is 0.200. The summed E-state index contributed by atoms with van der Waals surface area (Å²) < 4.78 is 0. The van der Waals surface area contributed by atoms with E-state index < -0.39 is 6.04 Å². The first kappa shape index (κ1) is 18.9. The fourth-order valence-electron chi connectivity index (χ4n) is 3.90. The number of nitrogens with one attached hydrogen (secondary N) is 1. The Kier molecular flexibility index (Phi) is 5.43. The van der Waals surface area contributed by atoms with Crippen LogP contribution in [0.3, 0.4) is 0 Å². The molecule has 29 heavy (non-hydrogen) atoms. The van der Waals surface area contributed by atoms with Crippen LogP contribution >= 0.6 is 0 Å². The summed E-state index contributed by atoms with van der Waals surface area (Å²) in [5.74, 6) is -0.263. The molecule has 0 bridgehead atoms. The minimum atomic E-state index is -0.628. The summed E-state index contributed by atoms with van der Waals surface area (Å²) in [6.07, 6.45) is 0.746. The van der Waals surface area contributed by atoms with Gasteiger partial charge in [-0.15, -0.1) is 0 Å². The third kappa shape index (κ3) is 3.92. The summed E-state index contributed by atoms with van der Waals surface area (Å²) in [4.78, 5) is 28.2. The molecule has 3 aromatic carbocycles. The van der Waals surface area contributed by atoms with Gasteiger partial charge < -0.3 is 10.2 Å². The van der Waals surface area contributed by atoms with Gasteiger partial charge in [0, 0.05) is 18.7 Å². The Hall–Kier alpha value is -3.40. The molecule has 1 atom stereocenters. The van der Waals surface area contributed by atoms with Crippen molar-refractivity contribution in [3.05, 3.63) is 107 Å². The highest BCUT2D eigenvalue weighted by atomic mass is 16.2. The van der Waals surface area contributed by atoms with Gasteiger partial charge in [-0.1, -0.05) is 66.7 Å². The molecule has 146 valence electrons. The lowest BCUT2D eigenvalue weighted by atomic mass is 9.91. The van der Waals surface area contributed by atoms with Crippen molar-refractivity contribution in [2.75, 3.05) is 6.54 Å². The van der Waals surface area contributed by atoms with Crippen molar-refractivity contribution < 1.29 is 9.59 Å². The molecular formula is C25H24N2O2. The molecule has 4 nitrogen and oxygen atoms in total. The standard InChI is InChI=1S/C25H24N2O2/c1-18-9-5-6-13-21(18)17-26-24(28)23-22-14-8-7-10-19(22)15-16-27(23)25(29)20-11-3-2-4-12-20/h2-14,23H,15-17H2,1H3,(H,26,28)/t23-/m1/s1. The van der Waals surface area contributed by atoms with Crippen molar-refractivity contribution in [2.24, 2.45) is 0 Å². The first-order valence-corrected chi connectivity index (χ1v) is 9.91. The minimum absolute atomic E-state index is 0.115. The van der Waals surface area contributed by atoms with Gasteiger partial charge in [-0.25, -0.2) is 0 Å². The Balaban J connectivity index is 1.63. The molecule has 0 spiro atoms. The summed E-state index contributed by atoms with van der Waals surface area (Å²) in [5.41, 5.74) is 4.84. The summed E-state index contributed by atoms with van der Waals surface area (Å²) in [5, 5.41) is 3.05. The van der Waals surface area contributed by atoms with Gasteiger partial charge in [0.25, 0.3) is 5.91 Å². The minimum Gasteiger partial charge on any atom is -0.350 e. The number of benzene rings is 3. The van der Waals surface area contributed by atoms with Crippen LogP contribution in [0.2, 0.25) is 0 Å². The number of amides is 2. The molecule has 0 radical (unpaired) electrons. The van der Waals surface area contributed by atoms with Crippen molar-refractivity contribution in [2.45, 2.75) is 25.9 Å². The van der Waals surface area contributed by atoms with Gasteiger partial charge in [-0.3, -0.25) is 9.59 Å². The van der Waals surface area contributed by atoms with Crippen molar-refractivity contribution in [3.8, 4) is 0 Å². The molecule has 1 N–H and O–H groups in total. The molecule has 1 aliphatic heterocycles. The topological polar surface area (TPSA) is 49.4 Å². The van der Waals surface area contributed by atoms with Crippen LogP contribution in [0.5, 0.6) is 0 Å². The van der Waals surface area contributed by atoms with Gasteiger partial charge in [-0.2, -0.15) is 0 Å². The van der Waals surface area contributed by atoms with Crippen LogP contribution in [0.25, 0.3) is 0 Å². The summed E-state index contributed by atoms with van der Waals surface area (Å²) in [6, 6.07) is 24.4. The lowest BCUT2D eigenvalue weighted by molar-refractivity contribution is -0.126. The molecule has 0 fully saturated rings. The van der Waals surface area contributed by atoms with Crippen LogP contribution in [0.15, 0.2) is 78.9 Å². The van der Waals surface area contributed by atoms with E-state index in [9.17, 15) is 9.59 Å². The van der Waals surface area contributed by atoms with E-state index in [1.165, 1.54) is 0 Å². The first-order chi connectivity index (χ1) is 14.1. The van der Waals surface area contributed by atoms with E-state index >= 15 is 0 Å². The van der Waals surface area contributed by atoms with Crippen molar-refractivity contribution >= 4 is 11.8 Å². The van der Waals surface area contributed by atoms with E-state index in [-0.39, 0.29) is 11.8 Å².